The number of hydrogen-bond donors (Lipinski definition) is 4. The van der Waals surface area contributed by atoms with Crippen molar-refractivity contribution in [1.82, 2.24) is 10.2 Å². The number of rotatable bonds is 9. The van der Waals surface area contributed by atoms with E-state index in [9.17, 15) is 19.5 Å². The fraction of sp³-hybridized carbons (Fsp3) is 0.320. The molecule has 1 atom stereocenters. The molecule has 9 heteroatoms. The quantitative estimate of drug-likeness (QED) is 0.232. The zero-order chi connectivity index (χ0) is 25.3. The van der Waals surface area contributed by atoms with Crippen molar-refractivity contribution in [1.29, 1.82) is 0 Å². The summed E-state index contributed by atoms with van der Waals surface area (Å²) in [6.45, 7) is 0.488. The number of Topliss-reactive ketones (excluding diaryl/α,β-unsaturated/α-hetero) is 1. The molecule has 4 N–H and O–H groups in total. The molecule has 2 rings (SSSR count). The molecule has 0 aliphatic carbocycles. The van der Waals surface area contributed by atoms with E-state index in [4.69, 9.17) is 14.9 Å². The molecule has 2 aromatic rings. The summed E-state index contributed by atoms with van der Waals surface area (Å²) in [4.78, 5) is 38.5. The van der Waals surface area contributed by atoms with Gasteiger partial charge in [0.1, 0.15) is 6.61 Å². The first-order valence-electron chi connectivity index (χ1n) is 10.4. The fourth-order valence-electron chi connectivity index (χ4n) is 3.07. The van der Waals surface area contributed by atoms with Crippen molar-refractivity contribution >= 4 is 17.6 Å². The van der Waals surface area contributed by atoms with Crippen LogP contribution in [0.4, 0.5) is 0 Å². The maximum absolute atomic E-state index is 12.9. The number of nitrogens with zero attached hydrogens (tertiary/aromatic N) is 1. The molecule has 0 unspecified atom stereocenters. The molecular formula is C25H28N2O7. The van der Waals surface area contributed by atoms with E-state index in [0.717, 1.165) is 16.0 Å². The van der Waals surface area contributed by atoms with Gasteiger partial charge in [0.2, 0.25) is 0 Å². The van der Waals surface area contributed by atoms with Gasteiger partial charge in [-0.15, -0.1) is 0 Å². The minimum Gasteiger partial charge on any atom is -0.388 e. The molecule has 0 saturated heterocycles. The monoisotopic (exact) mass is 468 g/mol. The maximum atomic E-state index is 12.9. The molecule has 2 amide bonds. The van der Waals surface area contributed by atoms with E-state index >= 15 is 0 Å². The summed E-state index contributed by atoms with van der Waals surface area (Å²) < 4.78 is 5.14. The Morgan fingerprint density at radius 3 is 2.03 bits per heavy atom. The minimum atomic E-state index is -1.85. The molecule has 0 heterocycles. The van der Waals surface area contributed by atoms with Crippen LogP contribution in [0.1, 0.15) is 34.0 Å². The third kappa shape index (κ3) is 6.50. The second-order valence-electron chi connectivity index (χ2n) is 7.62. The largest absolute Gasteiger partial charge is 0.388 e. The molecule has 0 aromatic heterocycles. The number of likely N-dealkylation sites (N-methyl/N-ethyl adjacent to an activating group) is 2. The van der Waals surface area contributed by atoms with E-state index in [1.54, 1.807) is 24.3 Å². The molecule has 9 nitrogen and oxygen atoms in total. The number of carbonyl (C=O) groups excluding carboxylic acids is 3. The summed E-state index contributed by atoms with van der Waals surface area (Å²) in [5, 5.41) is 29.2. The summed E-state index contributed by atoms with van der Waals surface area (Å²) in [6, 6.07) is 13.7. The van der Waals surface area contributed by atoms with E-state index in [1.165, 1.54) is 21.0 Å². The summed E-state index contributed by atoms with van der Waals surface area (Å²) >= 11 is 0. The Morgan fingerprint density at radius 1 is 1.03 bits per heavy atom. The van der Waals surface area contributed by atoms with Gasteiger partial charge in [-0.05, 0) is 48.9 Å². The van der Waals surface area contributed by atoms with Gasteiger partial charge in [-0.1, -0.05) is 24.0 Å². The number of aliphatic hydroxyl groups is 3. The molecule has 0 radical (unpaired) electrons. The highest BCUT2D eigenvalue weighted by Gasteiger charge is 2.46. The van der Waals surface area contributed by atoms with Crippen LogP contribution in [0.15, 0.2) is 48.5 Å². The standard InChI is InChI=1S/C25H28N2O7/c1-25(21(29)14-28,24(33)26-2)27(3)23(32)20-12-10-18(11-13-20)5-4-17-6-8-19(9-7-17)15-34-16-22(30)31/h6-13,22,28,30-31H,14-16H2,1-3H3,(H,26,33)/t25-/m1/s1. The topological polar surface area (TPSA) is 136 Å². The van der Waals surface area contributed by atoms with Crippen LogP contribution in [0, 0.1) is 11.8 Å². The lowest BCUT2D eigenvalue weighted by atomic mass is 9.92. The molecule has 0 aliphatic heterocycles. The summed E-state index contributed by atoms with van der Waals surface area (Å²) in [5.41, 5.74) is 0.681. The summed E-state index contributed by atoms with van der Waals surface area (Å²) in [7, 11) is 2.68. The minimum absolute atomic E-state index is 0.168. The van der Waals surface area contributed by atoms with Crippen molar-refractivity contribution in [3.63, 3.8) is 0 Å². The lowest BCUT2D eigenvalue weighted by molar-refractivity contribution is -0.143. The highest BCUT2D eigenvalue weighted by Crippen LogP contribution is 2.19. The van der Waals surface area contributed by atoms with Crippen LogP contribution < -0.4 is 5.32 Å². The number of benzene rings is 2. The molecule has 0 fully saturated rings. The Bertz CT molecular complexity index is 1050. The Kier molecular flexibility index (Phi) is 9.47. The fourth-order valence-corrected chi connectivity index (χ4v) is 3.07. The van der Waals surface area contributed by atoms with Crippen LogP contribution in [0.5, 0.6) is 0 Å². The third-order valence-electron chi connectivity index (χ3n) is 5.30. The molecule has 0 saturated carbocycles. The van der Waals surface area contributed by atoms with E-state index in [2.05, 4.69) is 17.2 Å². The number of ketones is 1. The van der Waals surface area contributed by atoms with Gasteiger partial charge in [-0.3, -0.25) is 14.4 Å². The summed E-state index contributed by atoms with van der Waals surface area (Å²) in [5.74, 6) is 3.95. The smallest absolute Gasteiger partial charge is 0.254 e. The predicted octanol–water partition coefficient (Wildman–Crippen LogP) is 0.0518. The number of nitrogens with one attached hydrogen (secondary N) is 1. The molecular weight excluding hydrogens is 440 g/mol. The van der Waals surface area contributed by atoms with Crippen molar-refractivity contribution < 1.29 is 34.4 Å². The third-order valence-corrected chi connectivity index (χ3v) is 5.30. The predicted molar refractivity (Wildman–Crippen MR) is 123 cm³/mol. The van der Waals surface area contributed by atoms with E-state index in [1.807, 2.05) is 24.3 Å². The maximum Gasteiger partial charge on any atom is 0.254 e. The average Bonchev–Trinajstić information content (AvgIpc) is 2.85. The van der Waals surface area contributed by atoms with Gasteiger partial charge in [-0.2, -0.15) is 0 Å². The Balaban J connectivity index is 2.11. The van der Waals surface area contributed by atoms with Gasteiger partial charge in [-0.25, -0.2) is 0 Å². The van der Waals surface area contributed by atoms with Crippen LogP contribution in [0.25, 0.3) is 0 Å². The van der Waals surface area contributed by atoms with E-state index in [-0.39, 0.29) is 18.8 Å². The van der Waals surface area contributed by atoms with Crippen LogP contribution in [-0.4, -0.2) is 77.0 Å². The van der Waals surface area contributed by atoms with Crippen LogP contribution >= 0.6 is 0 Å². The molecule has 34 heavy (non-hydrogen) atoms. The molecule has 180 valence electrons. The SMILES string of the molecule is CNC(=O)[C@@](C)(C(=O)CO)N(C)C(=O)c1ccc(C#Cc2ccc(COCC(O)O)cc2)cc1. The zero-order valence-electron chi connectivity index (χ0n) is 19.2. The second kappa shape index (κ2) is 12.1. The van der Waals surface area contributed by atoms with Crippen LogP contribution in [-0.2, 0) is 20.9 Å². The van der Waals surface area contributed by atoms with Gasteiger partial charge in [0.05, 0.1) is 13.2 Å². The Hall–Kier alpha value is -3.55. The van der Waals surface area contributed by atoms with Crippen molar-refractivity contribution in [3.05, 3.63) is 70.8 Å². The lowest BCUT2D eigenvalue weighted by Crippen LogP contribution is -2.62. The van der Waals surface area contributed by atoms with Crippen LogP contribution in [0.3, 0.4) is 0 Å². The van der Waals surface area contributed by atoms with Crippen molar-refractivity contribution in [3.8, 4) is 11.8 Å². The summed E-state index contributed by atoms with van der Waals surface area (Å²) in [6.07, 6.45) is -1.50. The number of ether oxygens (including phenoxy) is 1. The number of carbonyl (C=O) groups is 3. The normalized spacial score (nSPS) is 12.3. The number of amides is 2. The van der Waals surface area contributed by atoms with Gasteiger partial charge in [0.25, 0.3) is 11.8 Å². The first-order valence-corrected chi connectivity index (χ1v) is 10.4. The second-order valence-corrected chi connectivity index (χ2v) is 7.62. The van der Waals surface area contributed by atoms with Gasteiger partial charge in [0.15, 0.2) is 17.6 Å². The van der Waals surface area contributed by atoms with E-state index in [0.29, 0.717) is 5.56 Å². The number of hydrogen-bond acceptors (Lipinski definition) is 7. The van der Waals surface area contributed by atoms with Crippen molar-refractivity contribution in [2.45, 2.75) is 25.4 Å². The first kappa shape index (κ1) is 26.7. The Labute approximate surface area is 198 Å². The zero-order valence-corrected chi connectivity index (χ0v) is 19.2. The van der Waals surface area contributed by atoms with Crippen molar-refractivity contribution in [2.24, 2.45) is 0 Å². The van der Waals surface area contributed by atoms with E-state index < -0.39 is 36.0 Å². The highest BCUT2D eigenvalue weighted by atomic mass is 16.5. The molecule has 0 aliphatic rings. The van der Waals surface area contributed by atoms with Gasteiger partial charge in [0, 0.05) is 30.8 Å². The highest BCUT2D eigenvalue weighted by molar-refractivity contribution is 6.14. The van der Waals surface area contributed by atoms with Gasteiger partial charge >= 0.3 is 0 Å². The molecule has 0 bridgehead atoms. The van der Waals surface area contributed by atoms with Gasteiger partial charge < -0.3 is 30.3 Å². The first-order chi connectivity index (χ1) is 16.1. The van der Waals surface area contributed by atoms with Crippen LogP contribution in [0.2, 0.25) is 0 Å². The Morgan fingerprint density at radius 2 is 1.56 bits per heavy atom. The molecule has 0 spiro atoms. The number of aliphatic hydroxyl groups excluding tert-OH is 2. The lowest BCUT2D eigenvalue weighted by Gasteiger charge is -2.35. The average molecular weight is 469 g/mol. The van der Waals surface area contributed by atoms with Crippen molar-refractivity contribution in [2.75, 3.05) is 27.3 Å². The molecule has 2 aromatic carbocycles.